The molecule has 0 radical (unpaired) electrons. The van der Waals surface area contributed by atoms with Crippen molar-refractivity contribution in [2.75, 3.05) is 19.4 Å². The summed E-state index contributed by atoms with van der Waals surface area (Å²) in [7, 11) is 5.63. The first-order chi connectivity index (χ1) is 9.95. The SMILES string of the molecule is CN(C)Cc1cccc(NC(=O)c2ccn(C)c(=O)c2)c1. The first-order valence-corrected chi connectivity index (χ1v) is 6.67. The number of nitrogens with one attached hydrogen (secondary N) is 1. The van der Waals surface area contributed by atoms with Gasteiger partial charge in [-0.1, -0.05) is 12.1 Å². The Morgan fingerprint density at radius 2 is 2.00 bits per heavy atom. The van der Waals surface area contributed by atoms with Crippen molar-refractivity contribution in [1.82, 2.24) is 9.47 Å². The lowest BCUT2D eigenvalue weighted by Gasteiger charge is -2.11. The highest BCUT2D eigenvalue weighted by atomic mass is 16.2. The van der Waals surface area contributed by atoms with Gasteiger partial charge < -0.3 is 14.8 Å². The van der Waals surface area contributed by atoms with Gasteiger partial charge in [-0.2, -0.15) is 0 Å². The number of amides is 1. The normalized spacial score (nSPS) is 10.7. The van der Waals surface area contributed by atoms with Gasteiger partial charge in [0.15, 0.2) is 0 Å². The van der Waals surface area contributed by atoms with E-state index in [4.69, 9.17) is 0 Å². The van der Waals surface area contributed by atoms with Crippen LogP contribution in [-0.2, 0) is 13.6 Å². The molecular weight excluding hydrogens is 266 g/mol. The highest BCUT2D eigenvalue weighted by Gasteiger charge is 2.07. The van der Waals surface area contributed by atoms with Crippen LogP contribution in [-0.4, -0.2) is 29.5 Å². The smallest absolute Gasteiger partial charge is 0.255 e. The van der Waals surface area contributed by atoms with Crippen LogP contribution >= 0.6 is 0 Å². The Hall–Kier alpha value is -2.40. The molecule has 0 aliphatic rings. The zero-order chi connectivity index (χ0) is 15.4. The predicted molar refractivity (Wildman–Crippen MR) is 83.5 cm³/mol. The van der Waals surface area contributed by atoms with Gasteiger partial charge in [0.1, 0.15) is 0 Å². The van der Waals surface area contributed by atoms with Gasteiger partial charge in [-0.15, -0.1) is 0 Å². The zero-order valence-corrected chi connectivity index (χ0v) is 12.5. The van der Waals surface area contributed by atoms with E-state index in [1.165, 1.54) is 10.6 Å². The molecule has 0 saturated heterocycles. The van der Waals surface area contributed by atoms with Crippen LogP contribution < -0.4 is 10.9 Å². The number of aromatic nitrogens is 1. The molecule has 1 amide bonds. The number of aryl methyl sites for hydroxylation is 1. The third kappa shape index (κ3) is 4.03. The van der Waals surface area contributed by atoms with E-state index in [0.717, 1.165) is 17.8 Å². The highest BCUT2D eigenvalue weighted by Crippen LogP contribution is 2.13. The molecule has 1 heterocycles. The summed E-state index contributed by atoms with van der Waals surface area (Å²) in [6, 6.07) is 10.6. The molecule has 2 rings (SSSR count). The van der Waals surface area contributed by atoms with Crippen LogP contribution in [0, 0.1) is 0 Å². The van der Waals surface area contributed by atoms with E-state index in [1.807, 2.05) is 38.4 Å². The Balaban J connectivity index is 2.15. The molecule has 0 bridgehead atoms. The lowest BCUT2D eigenvalue weighted by Crippen LogP contribution is -2.20. The number of anilines is 1. The Kier molecular flexibility index (Phi) is 4.55. The van der Waals surface area contributed by atoms with Gasteiger partial charge in [0.05, 0.1) is 0 Å². The maximum atomic E-state index is 12.1. The molecule has 1 aromatic heterocycles. The van der Waals surface area contributed by atoms with Crippen LogP contribution in [0.1, 0.15) is 15.9 Å². The van der Waals surface area contributed by atoms with E-state index in [9.17, 15) is 9.59 Å². The molecule has 0 spiro atoms. The van der Waals surface area contributed by atoms with Gasteiger partial charge in [-0.25, -0.2) is 0 Å². The predicted octanol–water partition coefficient (Wildman–Crippen LogP) is 1.70. The third-order valence-electron chi connectivity index (χ3n) is 3.05. The molecule has 21 heavy (non-hydrogen) atoms. The van der Waals surface area contributed by atoms with Crippen molar-refractivity contribution < 1.29 is 4.79 Å². The highest BCUT2D eigenvalue weighted by molar-refractivity contribution is 6.04. The van der Waals surface area contributed by atoms with Crippen molar-refractivity contribution in [2.24, 2.45) is 7.05 Å². The van der Waals surface area contributed by atoms with Crippen LogP contribution in [0.3, 0.4) is 0 Å². The van der Waals surface area contributed by atoms with Gasteiger partial charge >= 0.3 is 0 Å². The second-order valence-corrected chi connectivity index (χ2v) is 5.26. The van der Waals surface area contributed by atoms with E-state index in [-0.39, 0.29) is 11.5 Å². The fourth-order valence-electron chi connectivity index (χ4n) is 2.01. The topological polar surface area (TPSA) is 54.3 Å². The average molecular weight is 285 g/mol. The largest absolute Gasteiger partial charge is 0.322 e. The van der Waals surface area contributed by atoms with Crippen LogP contribution in [0.15, 0.2) is 47.4 Å². The summed E-state index contributed by atoms with van der Waals surface area (Å²) < 4.78 is 1.43. The van der Waals surface area contributed by atoms with Crippen molar-refractivity contribution in [1.29, 1.82) is 0 Å². The number of nitrogens with zero attached hydrogens (tertiary/aromatic N) is 2. The molecule has 110 valence electrons. The number of rotatable bonds is 4. The van der Waals surface area contributed by atoms with Crippen molar-refractivity contribution in [2.45, 2.75) is 6.54 Å². The molecule has 0 unspecified atom stereocenters. The lowest BCUT2D eigenvalue weighted by molar-refractivity contribution is 0.102. The summed E-state index contributed by atoms with van der Waals surface area (Å²) in [5, 5.41) is 2.81. The number of carbonyl (C=O) groups is 1. The van der Waals surface area contributed by atoms with E-state index < -0.39 is 0 Å². The molecule has 5 nitrogen and oxygen atoms in total. The number of hydrogen-bond donors (Lipinski definition) is 1. The summed E-state index contributed by atoms with van der Waals surface area (Å²) in [5.74, 6) is -0.283. The van der Waals surface area contributed by atoms with Crippen LogP contribution in [0.25, 0.3) is 0 Å². The fourth-order valence-corrected chi connectivity index (χ4v) is 2.01. The van der Waals surface area contributed by atoms with Gasteiger partial charge in [-0.05, 0) is 37.9 Å². The minimum Gasteiger partial charge on any atom is -0.322 e. The number of pyridine rings is 1. The summed E-state index contributed by atoms with van der Waals surface area (Å²) in [6.07, 6.45) is 1.58. The van der Waals surface area contributed by atoms with E-state index in [1.54, 1.807) is 19.3 Å². The molecule has 1 N–H and O–H groups in total. The molecule has 0 aliphatic carbocycles. The number of hydrogen-bond acceptors (Lipinski definition) is 3. The summed E-state index contributed by atoms with van der Waals surface area (Å²) in [5.41, 5.74) is 1.99. The monoisotopic (exact) mass is 285 g/mol. The molecule has 0 fully saturated rings. The van der Waals surface area contributed by atoms with Gasteiger partial charge in [0, 0.05) is 37.1 Å². The molecule has 5 heteroatoms. The standard InChI is InChI=1S/C16H19N3O2/c1-18(2)11-12-5-4-6-14(9-12)17-16(21)13-7-8-19(3)15(20)10-13/h4-10H,11H2,1-3H3,(H,17,21). The van der Waals surface area contributed by atoms with Gasteiger partial charge in [0.25, 0.3) is 11.5 Å². The second-order valence-electron chi connectivity index (χ2n) is 5.26. The zero-order valence-electron chi connectivity index (χ0n) is 12.5. The minimum atomic E-state index is -0.283. The van der Waals surface area contributed by atoms with Crippen LogP contribution in [0.2, 0.25) is 0 Å². The molecule has 0 aliphatic heterocycles. The minimum absolute atomic E-state index is 0.205. The van der Waals surface area contributed by atoms with Gasteiger partial charge in [-0.3, -0.25) is 9.59 Å². The first kappa shape index (κ1) is 15.0. The quantitative estimate of drug-likeness (QED) is 0.930. The molecule has 1 aromatic carbocycles. The fraction of sp³-hybridized carbons (Fsp3) is 0.250. The van der Waals surface area contributed by atoms with Crippen molar-refractivity contribution in [3.05, 3.63) is 64.1 Å². The second kappa shape index (κ2) is 6.37. The maximum absolute atomic E-state index is 12.1. The van der Waals surface area contributed by atoms with Crippen LogP contribution in [0.4, 0.5) is 5.69 Å². The molecular formula is C16H19N3O2. The Bertz CT molecular complexity index is 705. The molecule has 2 aromatic rings. The average Bonchev–Trinajstić information content (AvgIpc) is 2.41. The first-order valence-electron chi connectivity index (χ1n) is 6.67. The maximum Gasteiger partial charge on any atom is 0.255 e. The van der Waals surface area contributed by atoms with E-state index in [0.29, 0.717) is 5.56 Å². The van der Waals surface area contributed by atoms with Crippen LogP contribution in [0.5, 0.6) is 0 Å². The van der Waals surface area contributed by atoms with E-state index in [2.05, 4.69) is 10.2 Å². The van der Waals surface area contributed by atoms with Crippen molar-refractivity contribution >= 4 is 11.6 Å². The van der Waals surface area contributed by atoms with Crippen molar-refractivity contribution in [3.63, 3.8) is 0 Å². The third-order valence-corrected chi connectivity index (χ3v) is 3.05. The summed E-state index contributed by atoms with van der Waals surface area (Å²) in [6.45, 7) is 0.801. The summed E-state index contributed by atoms with van der Waals surface area (Å²) in [4.78, 5) is 25.7. The van der Waals surface area contributed by atoms with Gasteiger partial charge in [0.2, 0.25) is 0 Å². The lowest BCUT2D eigenvalue weighted by atomic mass is 10.2. The number of benzene rings is 1. The summed E-state index contributed by atoms with van der Waals surface area (Å²) >= 11 is 0. The number of carbonyl (C=O) groups excluding carboxylic acids is 1. The van der Waals surface area contributed by atoms with Crippen molar-refractivity contribution in [3.8, 4) is 0 Å². The van der Waals surface area contributed by atoms with E-state index >= 15 is 0 Å². The molecule has 0 saturated carbocycles. The Labute approximate surface area is 123 Å². The Morgan fingerprint density at radius 3 is 2.67 bits per heavy atom. The molecule has 0 atom stereocenters. The Morgan fingerprint density at radius 1 is 1.24 bits per heavy atom.